The lowest BCUT2D eigenvalue weighted by Crippen LogP contribution is -2.45. The molecule has 10 nitrogen and oxygen atoms in total. The number of likely N-dealkylation sites (tertiary alicyclic amines) is 2. The average molecular weight is 567 g/mol. The maximum absolute atomic E-state index is 13.5. The minimum Gasteiger partial charge on any atom is -0.374 e. The van der Waals surface area contributed by atoms with Crippen LogP contribution in [0, 0.1) is 10.1 Å². The quantitative estimate of drug-likeness (QED) is 0.352. The number of piperidine rings is 2. The second kappa shape index (κ2) is 10.8. The molecule has 0 aliphatic carbocycles. The molecule has 3 heterocycles. The van der Waals surface area contributed by atoms with Gasteiger partial charge in [0.1, 0.15) is 5.69 Å². The predicted octanol–water partition coefficient (Wildman–Crippen LogP) is 4.64. The fourth-order valence-corrected chi connectivity index (χ4v) is 5.60. The highest BCUT2D eigenvalue weighted by atomic mass is 79.9. The van der Waals surface area contributed by atoms with E-state index in [0.29, 0.717) is 48.2 Å². The summed E-state index contributed by atoms with van der Waals surface area (Å²) in [7, 11) is 0. The molecule has 2 amide bonds. The molecule has 1 aromatic heterocycles. The van der Waals surface area contributed by atoms with Crippen LogP contribution in [0.4, 0.5) is 11.4 Å². The van der Waals surface area contributed by atoms with E-state index in [0.717, 1.165) is 31.1 Å². The Hall–Kier alpha value is -3.60. The molecule has 1 atom stereocenters. The van der Waals surface area contributed by atoms with Crippen molar-refractivity contribution in [2.75, 3.05) is 31.5 Å². The minimum absolute atomic E-state index is 0.160. The Kier molecular flexibility index (Phi) is 7.31. The van der Waals surface area contributed by atoms with Crippen molar-refractivity contribution in [3.8, 4) is 0 Å². The zero-order valence-corrected chi connectivity index (χ0v) is 21.8. The summed E-state index contributed by atoms with van der Waals surface area (Å²) in [5.74, 6) is -0.378. The van der Waals surface area contributed by atoms with Crippen LogP contribution in [-0.4, -0.2) is 69.0 Å². The minimum atomic E-state index is -0.472. The first-order valence-electron chi connectivity index (χ1n) is 12.5. The predicted molar refractivity (Wildman–Crippen MR) is 143 cm³/mol. The van der Waals surface area contributed by atoms with Gasteiger partial charge in [-0.25, -0.2) is 0 Å². The Labute approximate surface area is 222 Å². The van der Waals surface area contributed by atoms with Crippen molar-refractivity contribution >= 4 is 50.0 Å². The third-order valence-corrected chi connectivity index (χ3v) is 7.44. The second-order valence-electron chi connectivity index (χ2n) is 9.47. The third kappa shape index (κ3) is 5.27. The number of nitrogens with one attached hydrogen (secondary N) is 1. The number of anilines is 1. The Bertz CT molecular complexity index is 1350. The molecule has 192 valence electrons. The smallest absolute Gasteiger partial charge is 0.294 e. The summed E-state index contributed by atoms with van der Waals surface area (Å²) in [6, 6.07) is 10.2. The molecule has 1 N–H and O–H groups in total. The molecule has 0 saturated carbocycles. The first kappa shape index (κ1) is 25.1. The zero-order chi connectivity index (χ0) is 25.9. The summed E-state index contributed by atoms with van der Waals surface area (Å²) in [6.45, 7) is 2.19. The standard InChI is InChI=1S/C26H27BrN6O4/c27-17-13-20(25(34)31-10-4-1-5-11-31)24(23(14-17)33(36)37)29-18-7-6-12-32(16-18)26(35)21-15-28-30-22-9-3-2-8-19(21)22/h2-3,8-9,13-15,18,29H,1,4-7,10-12,16H2. The number of hydrogen-bond acceptors (Lipinski definition) is 7. The maximum atomic E-state index is 13.5. The summed E-state index contributed by atoms with van der Waals surface area (Å²) in [5.41, 5.74) is 1.44. The Morgan fingerprint density at radius 3 is 2.51 bits per heavy atom. The van der Waals surface area contributed by atoms with Crippen molar-refractivity contribution in [2.24, 2.45) is 0 Å². The van der Waals surface area contributed by atoms with Crippen molar-refractivity contribution in [1.29, 1.82) is 0 Å². The highest BCUT2D eigenvalue weighted by molar-refractivity contribution is 9.10. The van der Waals surface area contributed by atoms with Gasteiger partial charge in [0.15, 0.2) is 0 Å². The summed E-state index contributed by atoms with van der Waals surface area (Å²) in [4.78, 5) is 41.9. The normalized spacial score (nSPS) is 18.0. The summed E-state index contributed by atoms with van der Waals surface area (Å²) in [6.07, 6.45) is 5.83. The van der Waals surface area contributed by atoms with Crippen LogP contribution in [-0.2, 0) is 0 Å². The molecule has 0 bridgehead atoms. The number of nitrogens with zero attached hydrogens (tertiary/aromatic N) is 5. The number of carbonyl (C=O) groups excluding carboxylic acids is 2. The van der Waals surface area contributed by atoms with Crippen LogP contribution in [0.2, 0.25) is 0 Å². The van der Waals surface area contributed by atoms with E-state index in [-0.39, 0.29) is 34.8 Å². The Balaban J connectivity index is 1.42. The van der Waals surface area contributed by atoms with Gasteiger partial charge in [-0.05, 0) is 44.2 Å². The maximum Gasteiger partial charge on any atom is 0.294 e. The number of carbonyl (C=O) groups is 2. The fraction of sp³-hybridized carbons (Fsp3) is 0.385. The van der Waals surface area contributed by atoms with Gasteiger partial charge in [0.2, 0.25) is 0 Å². The molecule has 2 fully saturated rings. The van der Waals surface area contributed by atoms with Crippen molar-refractivity contribution in [1.82, 2.24) is 20.0 Å². The van der Waals surface area contributed by atoms with Crippen molar-refractivity contribution in [2.45, 2.75) is 38.1 Å². The van der Waals surface area contributed by atoms with Crippen molar-refractivity contribution < 1.29 is 14.5 Å². The molecule has 3 aromatic rings. The molecule has 0 spiro atoms. The number of aromatic nitrogens is 2. The topological polar surface area (TPSA) is 122 Å². The largest absolute Gasteiger partial charge is 0.374 e. The Morgan fingerprint density at radius 2 is 1.73 bits per heavy atom. The second-order valence-corrected chi connectivity index (χ2v) is 10.4. The first-order valence-corrected chi connectivity index (χ1v) is 13.2. The number of amides is 2. The van der Waals surface area contributed by atoms with Crippen LogP contribution in [0.3, 0.4) is 0 Å². The van der Waals surface area contributed by atoms with Gasteiger partial charge in [-0.15, -0.1) is 0 Å². The molecule has 2 aromatic carbocycles. The van der Waals surface area contributed by atoms with Gasteiger partial charge in [0, 0.05) is 48.1 Å². The van der Waals surface area contributed by atoms with E-state index in [1.165, 1.54) is 12.3 Å². The summed E-state index contributed by atoms with van der Waals surface area (Å²) >= 11 is 3.34. The number of benzene rings is 2. The van der Waals surface area contributed by atoms with Gasteiger partial charge in [-0.2, -0.15) is 10.2 Å². The number of nitro benzene ring substituents is 1. The highest BCUT2D eigenvalue weighted by Crippen LogP contribution is 2.35. The molecule has 11 heteroatoms. The number of hydrogen-bond donors (Lipinski definition) is 1. The van der Waals surface area contributed by atoms with Crippen LogP contribution in [0.25, 0.3) is 10.9 Å². The highest BCUT2D eigenvalue weighted by Gasteiger charge is 2.31. The number of rotatable bonds is 5. The summed E-state index contributed by atoms with van der Waals surface area (Å²) in [5, 5.41) is 24.1. The van der Waals surface area contributed by atoms with Gasteiger partial charge in [0.25, 0.3) is 17.5 Å². The van der Waals surface area contributed by atoms with Crippen molar-refractivity contribution in [3.05, 3.63) is 68.3 Å². The molecule has 2 saturated heterocycles. The number of fused-ring (bicyclic) bond motifs is 1. The van der Waals surface area contributed by atoms with E-state index < -0.39 is 4.92 Å². The van der Waals surface area contributed by atoms with E-state index in [1.54, 1.807) is 15.9 Å². The third-order valence-electron chi connectivity index (χ3n) is 6.99. The molecule has 5 rings (SSSR count). The van der Waals surface area contributed by atoms with Gasteiger partial charge in [0.05, 0.1) is 27.8 Å². The van der Waals surface area contributed by atoms with Gasteiger partial charge >= 0.3 is 0 Å². The monoisotopic (exact) mass is 566 g/mol. The molecule has 0 radical (unpaired) electrons. The lowest BCUT2D eigenvalue weighted by molar-refractivity contribution is -0.384. The SMILES string of the molecule is O=C(c1cc(Br)cc([N+](=O)[O-])c1NC1CCCN(C(=O)c2cnnc3ccccc23)C1)N1CCCCC1. The number of nitro groups is 1. The molecule has 2 aliphatic heterocycles. The van der Waals surface area contributed by atoms with E-state index in [1.807, 2.05) is 24.3 Å². The Morgan fingerprint density at radius 1 is 1.00 bits per heavy atom. The summed E-state index contributed by atoms with van der Waals surface area (Å²) < 4.78 is 0.475. The van der Waals surface area contributed by atoms with Crippen molar-refractivity contribution in [3.63, 3.8) is 0 Å². The fourth-order valence-electron chi connectivity index (χ4n) is 5.16. The average Bonchev–Trinajstić information content (AvgIpc) is 2.93. The molecular weight excluding hydrogens is 540 g/mol. The van der Waals surface area contributed by atoms with E-state index in [4.69, 9.17) is 0 Å². The molecular formula is C26H27BrN6O4. The van der Waals surface area contributed by atoms with Gasteiger partial charge in [-0.1, -0.05) is 34.1 Å². The van der Waals surface area contributed by atoms with Gasteiger partial charge in [-0.3, -0.25) is 19.7 Å². The number of halogens is 1. The lowest BCUT2D eigenvalue weighted by atomic mass is 10.0. The van der Waals surface area contributed by atoms with Crippen LogP contribution in [0.1, 0.15) is 52.8 Å². The zero-order valence-electron chi connectivity index (χ0n) is 20.2. The molecule has 2 aliphatic rings. The van der Waals surface area contributed by atoms with Crippen LogP contribution >= 0.6 is 15.9 Å². The van der Waals surface area contributed by atoms with Crippen LogP contribution in [0.5, 0.6) is 0 Å². The van der Waals surface area contributed by atoms with E-state index in [2.05, 4.69) is 31.4 Å². The molecule has 1 unspecified atom stereocenters. The first-order chi connectivity index (χ1) is 17.9. The van der Waals surface area contributed by atoms with Crippen LogP contribution < -0.4 is 5.32 Å². The van der Waals surface area contributed by atoms with Gasteiger partial charge < -0.3 is 15.1 Å². The lowest BCUT2D eigenvalue weighted by Gasteiger charge is -2.34. The van der Waals surface area contributed by atoms with E-state index >= 15 is 0 Å². The van der Waals surface area contributed by atoms with Crippen LogP contribution in [0.15, 0.2) is 47.1 Å². The molecule has 37 heavy (non-hydrogen) atoms. The van der Waals surface area contributed by atoms with E-state index in [9.17, 15) is 19.7 Å².